The summed E-state index contributed by atoms with van der Waals surface area (Å²) < 4.78 is 96.0. The van der Waals surface area contributed by atoms with Crippen LogP contribution >= 0.6 is 0 Å². The second kappa shape index (κ2) is 12.5. The zero-order valence-corrected chi connectivity index (χ0v) is 22.3. The van der Waals surface area contributed by atoms with Crippen LogP contribution in [0.15, 0.2) is 72.8 Å². The van der Waals surface area contributed by atoms with Gasteiger partial charge in [0.1, 0.15) is 12.8 Å². The summed E-state index contributed by atoms with van der Waals surface area (Å²) >= 11 is 0. The Hall–Kier alpha value is -3.93. The highest BCUT2D eigenvalue weighted by molar-refractivity contribution is 5.89. The van der Waals surface area contributed by atoms with E-state index in [1.165, 1.54) is 36.4 Å². The molecule has 2 unspecified atom stereocenters. The standard InChI is InChI=1S/C30H27F7N2O3/c1-18(21-6-8-22(9-7-21)28(41)42-17-20-4-12-24(13-5-20)30(35,36)37)38-27(40)26-14-25(31)16-39(26)15-19-2-10-23(11-3-19)29(32,33)34/h2-13,18,25-26H,14-17H2,1H3,(H,38,40)/t18?,25-,26?/m0/s1. The number of esters is 1. The van der Waals surface area contributed by atoms with E-state index in [9.17, 15) is 40.3 Å². The van der Waals surface area contributed by atoms with Crippen molar-refractivity contribution in [2.45, 2.75) is 57.1 Å². The van der Waals surface area contributed by atoms with Gasteiger partial charge in [-0.25, -0.2) is 9.18 Å². The first kappa shape index (κ1) is 31.0. The molecule has 224 valence electrons. The van der Waals surface area contributed by atoms with Crippen LogP contribution in [-0.2, 0) is 35.0 Å². The number of nitrogens with zero attached hydrogens (tertiary/aromatic N) is 1. The normalized spacial score (nSPS) is 18.5. The van der Waals surface area contributed by atoms with E-state index in [2.05, 4.69) is 5.32 Å². The molecule has 0 bridgehead atoms. The monoisotopic (exact) mass is 596 g/mol. The summed E-state index contributed by atoms with van der Waals surface area (Å²) in [7, 11) is 0. The van der Waals surface area contributed by atoms with Crippen LogP contribution in [0.1, 0.15) is 57.6 Å². The fourth-order valence-electron chi connectivity index (χ4n) is 4.65. The molecule has 12 heteroatoms. The minimum Gasteiger partial charge on any atom is -0.457 e. The molecule has 1 heterocycles. The highest BCUT2D eigenvalue weighted by Gasteiger charge is 2.37. The lowest BCUT2D eigenvalue weighted by Crippen LogP contribution is -2.43. The summed E-state index contributed by atoms with van der Waals surface area (Å²) in [6.07, 6.45) is -10.3. The SMILES string of the molecule is CC(NC(=O)C1C[C@H](F)CN1Cc1ccc(C(F)(F)F)cc1)c1ccc(C(=O)OCc2ccc(C(F)(F)F)cc2)cc1. The topological polar surface area (TPSA) is 58.6 Å². The van der Waals surface area contributed by atoms with Gasteiger partial charge in [0.15, 0.2) is 0 Å². The molecule has 3 atom stereocenters. The molecule has 1 amide bonds. The number of carbonyl (C=O) groups excluding carboxylic acids is 2. The third-order valence-corrected chi connectivity index (χ3v) is 6.98. The van der Waals surface area contributed by atoms with Gasteiger partial charge < -0.3 is 10.1 Å². The van der Waals surface area contributed by atoms with E-state index in [1.807, 2.05) is 0 Å². The largest absolute Gasteiger partial charge is 0.457 e. The van der Waals surface area contributed by atoms with Crippen molar-refractivity contribution in [1.82, 2.24) is 10.2 Å². The number of ether oxygens (including phenoxy) is 1. The number of hydrogen-bond donors (Lipinski definition) is 1. The van der Waals surface area contributed by atoms with Gasteiger partial charge >= 0.3 is 18.3 Å². The van der Waals surface area contributed by atoms with E-state index < -0.39 is 53.6 Å². The van der Waals surface area contributed by atoms with Crippen LogP contribution in [0.3, 0.4) is 0 Å². The molecule has 0 spiro atoms. The molecular formula is C30H27F7N2O3. The molecule has 3 aromatic carbocycles. The van der Waals surface area contributed by atoms with Crippen molar-refractivity contribution in [3.63, 3.8) is 0 Å². The number of rotatable bonds is 8. The van der Waals surface area contributed by atoms with E-state index in [-0.39, 0.29) is 31.7 Å². The van der Waals surface area contributed by atoms with Gasteiger partial charge in [-0.15, -0.1) is 0 Å². The van der Waals surface area contributed by atoms with Crippen molar-refractivity contribution in [2.24, 2.45) is 0 Å². The van der Waals surface area contributed by atoms with Crippen molar-refractivity contribution in [3.05, 3.63) is 106 Å². The average Bonchev–Trinajstić information content (AvgIpc) is 3.31. The van der Waals surface area contributed by atoms with Gasteiger partial charge in [-0.05, 0) is 60.0 Å². The maximum atomic E-state index is 14.3. The Balaban J connectivity index is 1.31. The zero-order valence-electron chi connectivity index (χ0n) is 22.3. The van der Waals surface area contributed by atoms with Gasteiger partial charge in [0, 0.05) is 19.5 Å². The Kier molecular flexibility index (Phi) is 9.24. The van der Waals surface area contributed by atoms with Crippen LogP contribution in [0, 0.1) is 0 Å². The van der Waals surface area contributed by atoms with Gasteiger partial charge in [-0.3, -0.25) is 9.69 Å². The minimum atomic E-state index is -4.47. The van der Waals surface area contributed by atoms with Gasteiger partial charge in [0.05, 0.1) is 28.8 Å². The molecule has 1 fully saturated rings. The molecule has 1 saturated heterocycles. The Morgan fingerprint density at radius 1 is 0.857 bits per heavy atom. The third kappa shape index (κ3) is 7.87. The summed E-state index contributed by atoms with van der Waals surface area (Å²) in [5, 5.41) is 2.82. The summed E-state index contributed by atoms with van der Waals surface area (Å²) in [5.41, 5.74) is 0.147. The molecule has 5 nitrogen and oxygen atoms in total. The molecule has 42 heavy (non-hydrogen) atoms. The molecular weight excluding hydrogens is 569 g/mol. The second-order valence-corrected chi connectivity index (χ2v) is 10.1. The van der Waals surface area contributed by atoms with Gasteiger partial charge in [0.2, 0.25) is 5.91 Å². The summed E-state index contributed by atoms with van der Waals surface area (Å²) in [6, 6.07) is 13.6. The fourth-order valence-corrected chi connectivity index (χ4v) is 4.65. The number of alkyl halides is 7. The summed E-state index contributed by atoms with van der Waals surface area (Å²) in [5.74, 6) is -1.12. The lowest BCUT2D eigenvalue weighted by Gasteiger charge is -2.25. The Morgan fingerprint density at radius 3 is 1.90 bits per heavy atom. The van der Waals surface area contributed by atoms with Crippen molar-refractivity contribution in [1.29, 1.82) is 0 Å². The maximum absolute atomic E-state index is 14.3. The number of benzene rings is 3. The lowest BCUT2D eigenvalue weighted by atomic mass is 10.0. The Labute approximate surface area is 237 Å². The number of nitrogens with one attached hydrogen (secondary N) is 1. The van der Waals surface area contributed by atoms with Crippen LogP contribution in [-0.4, -0.2) is 35.5 Å². The van der Waals surface area contributed by atoms with E-state index in [0.29, 0.717) is 16.7 Å². The third-order valence-electron chi connectivity index (χ3n) is 6.98. The van der Waals surface area contributed by atoms with Crippen LogP contribution in [0.25, 0.3) is 0 Å². The molecule has 4 rings (SSSR count). The summed E-state index contributed by atoms with van der Waals surface area (Å²) in [6.45, 7) is 1.56. The van der Waals surface area contributed by atoms with Crippen LogP contribution < -0.4 is 5.32 Å². The number of likely N-dealkylation sites (tertiary alicyclic amines) is 1. The molecule has 1 N–H and O–H groups in total. The predicted octanol–water partition coefficient (Wildman–Crippen LogP) is 6.87. The van der Waals surface area contributed by atoms with Crippen molar-refractivity contribution in [3.8, 4) is 0 Å². The van der Waals surface area contributed by atoms with Gasteiger partial charge in [-0.2, -0.15) is 26.3 Å². The predicted molar refractivity (Wildman–Crippen MR) is 139 cm³/mol. The number of carbonyl (C=O) groups is 2. The van der Waals surface area contributed by atoms with E-state index in [1.54, 1.807) is 24.0 Å². The maximum Gasteiger partial charge on any atom is 0.416 e. The Morgan fingerprint density at radius 2 is 1.38 bits per heavy atom. The second-order valence-electron chi connectivity index (χ2n) is 10.1. The van der Waals surface area contributed by atoms with E-state index in [4.69, 9.17) is 4.74 Å². The van der Waals surface area contributed by atoms with Gasteiger partial charge in [-0.1, -0.05) is 36.4 Å². The fraction of sp³-hybridized carbons (Fsp3) is 0.333. The first-order valence-electron chi connectivity index (χ1n) is 13.0. The first-order valence-corrected chi connectivity index (χ1v) is 13.0. The first-order chi connectivity index (χ1) is 19.7. The molecule has 0 aromatic heterocycles. The molecule has 0 aliphatic carbocycles. The Bertz CT molecular complexity index is 1370. The highest BCUT2D eigenvalue weighted by atomic mass is 19.4. The smallest absolute Gasteiger partial charge is 0.416 e. The molecule has 0 saturated carbocycles. The zero-order chi connectivity index (χ0) is 30.7. The van der Waals surface area contributed by atoms with Crippen LogP contribution in [0.4, 0.5) is 30.7 Å². The van der Waals surface area contributed by atoms with Crippen molar-refractivity contribution >= 4 is 11.9 Å². The molecule has 1 aliphatic heterocycles. The van der Waals surface area contributed by atoms with Crippen LogP contribution in [0.2, 0.25) is 0 Å². The highest BCUT2D eigenvalue weighted by Crippen LogP contribution is 2.31. The molecule has 1 aliphatic rings. The number of hydrogen-bond acceptors (Lipinski definition) is 4. The number of amides is 1. The molecule has 0 radical (unpaired) electrons. The lowest BCUT2D eigenvalue weighted by molar-refractivity contribution is -0.138. The van der Waals surface area contributed by atoms with Crippen molar-refractivity contribution < 1.29 is 45.1 Å². The molecule has 3 aromatic rings. The van der Waals surface area contributed by atoms with E-state index in [0.717, 1.165) is 24.3 Å². The van der Waals surface area contributed by atoms with Gasteiger partial charge in [0.25, 0.3) is 0 Å². The van der Waals surface area contributed by atoms with Crippen molar-refractivity contribution in [2.75, 3.05) is 6.54 Å². The average molecular weight is 597 g/mol. The number of halogens is 7. The minimum absolute atomic E-state index is 0.0310. The summed E-state index contributed by atoms with van der Waals surface area (Å²) in [4.78, 5) is 27.0. The van der Waals surface area contributed by atoms with Crippen LogP contribution in [0.5, 0.6) is 0 Å². The quantitative estimate of drug-likeness (QED) is 0.228. The van der Waals surface area contributed by atoms with E-state index >= 15 is 0 Å².